The van der Waals surface area contributed by atoms with Crippen LogP contribution in [0.3, 0.4) is 0 Å². The smallest absolute Gasteiger partial charge is 0.168 e. The molecule has 0 amide bonds. The maximum atomic E-state index is 10.9. The van der Waals surface area contributed by atoms with Crippen molar-refractivity contribution in [1.82, 2.24) is 19.9 Å². The highest BCUT2D eigenvalue weighted by Crippen LogP contribution is 2.12. The van der Waals surface area contributed by atoms with E-state index in [0.29, 0.717) is 11.7 Å². The predicted octanol–water partition coefficient (Wildman–Crippen LogP) is 1.23. The van der Waals surface area contributed by atoms with Gasteiger partial charge in [-0.1, -0.05) is 12.5 Å². The summed E-state index contributed by atoms with van der Waals surface area (Å²) in [5.74, 6) is 0.809. The fourth-order valence-corrected chi connectivity index (χ4v) is 2.46. The van der Waals surface area contributed by atoms with Crippen LogP contribution >= 0.6 is 0 Å². The van der Waals surface area contributed by atoms with Crippen molar-refractivity contribution in [2.24, 2.45) is 0 Å². The summed E-state index contributed by atoms with van der Waals surface area (Å²) in [5.41, 5.74) is 1.29. The Bertz CT molecular complexity index is 557. The van der Waals surface area contributed by atoms with Gasteiger partial charge in [-0.05, 0) is 31.5 Å². The molecule has 5 nitrogen and oxygen atoms in total. The molecule has 2 aromatic heterocycles. The fraction of sp³-hybridized carbons (Fsp3) is 0.462. The SMILES string of the molecule is O=Cc1cccc2nc(CC3CCCCN3)nn12. The normalized spacial score (nSPS) is 20.1. The number of nitrogens with zero attached hydrogens (tertiary/aromatic N) is 3. The Kier molecular flexibility index (Phi) is 3.06. The first-order valence-electron chi connectivity index (χ1n) is 6.40. The van der Waals surface area contributed by atoms with Gasteiger partial charge in [-0.3, -0.25) is 4.79 Å². The molecule has 1 unspecified atom stereocenters. The molecule has 1 aliphatic rings. The van der Waals surface area contributed by atoms with Crippen LogP contribution in [0.2, 0.25) is 0 Å². The molecule has 0 radical (unpaired) electrons. The Balaban J connectivity index is 1.86. The number of rotatable bonds is 3. The molecule has 0 bridgehead atoms. The number of carbonyl (C=O) groups is 1. The average Bonchev–Trinajstić information content (AvgIpc) is 2.82. The number of piperidine rings is 1. The molecule has 3 rings (SSSR count). The van der Waals surface area contributed by atoms with Crippen molar-refractivity contribution in [3.8, 4) is 0 Å². The van der Waals surface area contributed by atoms with Crippen molar-refractivity contribution in [1.29, 1.82) is 0 Å². The molecule has 1 aliphatic heterocycles. The zero-order chi connectivity index (χ0) is 12.4. The van der Waals surface area contributed by atoms with Gasteiger partial charge in [0.05, 0.1) is 0 Å². The average molecular weight is 244 g/mol. The zero-order valence-corrected chi connectivity index (χ0v) is 10.2. The van der Waals surface area contributed by atoms with E-state index in [1.807, 2.05) is 12.1 Å². The number of fused-ring (bicyclic) bond motifs is 1. The molecular weight excluding hydrogens is 228 g/mol. The third-order valence-corrected chi connectivity index (χ3v) is 3.39. The van der Waals surface area contributed by atoms with Crippen LogP contribution in [0.5, 0.6) is 0 Å². The summed E-state index contributed by atoms with van der Waals surface area (Å²) in [6, 6.07) is 5.92. The lowest BCUT2D eigenvalue weighted by Crippen LogP contribution is -2.35. The van der Waals surface area contributed by atoms with Crippen molar-refractivity contribution >= 4 is 11.9 Å². The molecule has 0 aliphatic carbocycles. The first-order chi connectivity index (χ1) is 8.86. The first kappa shape index (κ1) is 11.3. The first-order valence-corrected chi connectivity index (χ1v) is 6.40. The van der Waals surface area contributed by atoms with E-state index in [9.17, 15) is 4.79 Å². The topological polar surface area (TPSA) is 59.3 Å². The molecule has 0 spiro atoms. The molecule has 1 saturated heterocycles. The van der Waals surface area contributed by atoms with Gasteiger partial charge in [-0.25, -0.2) is 9.50 Å². The summed E-state index contributed by atoms with van der Waals surface area (Å²) in [6.45, 7) is 1.08. The molecule has 0 aromatic carbocycles. The van der Waals surface area contributed by atoms with Crippen molar-refractivity contribution < 1.29 is 4.79 Å². The summed E-state index contributed by atoms with van der Waals surface area (Å²) in [5, 5.41) is 7.89. The van der Waals surface area contributed by atoms with Gasteiger partial charge < -0.3 is 5.32 Å². The molecule has 0 saturated carbocycles. The lowest BCUT2D eigenvalue weighted by Gasteiger charge is -2.21. The highest BCUT2D eigenvalue weighted by Gasteiger charge is 2.16. The van der Waals surface area contributed by atoms with E-state index in [-0.39, 0.29) is 0 Å². The number of carbonyl (C=O) groups excluding carboxylic acids is 1. The summed E-state index contributed by atoms with van der Waals surface area (Å²) in [6.07, 6.45) is 5.34. The van der Waals surface area contributed by atoms with Crippen molar-refractivity contribution in [2.45, 2.75) is 31.7 Å². The monoisotopic (exact) mass is 244 g/mol. The quantitative estimate of drug-likeness (QED) is 0.825. The van der Waals surface area contributed by atoms with Gasteiger partial charge in [0.15, 0.2) is 17.8 Å². The minimum absolute atomic E-state index is 0.468. The molecule has 1 N–H and O–H groups in total. The lowest BCUT2D eigenvalue weighted by molar-refractivity contribution is 0.111. The van der Waals surface area contributed by atoms with E-state index in [1.165, 1.54) is 19.3 Å². The van der Waals surface area contributed by atoms with Crippen LogP contribution in [0.1, 0.15) is 35.6 Å². The Labute approximate surface area is 105 Å². The Morgan fingerprint density at radius 3 is 3.17 bits per heavy atom. The van der Waals surface area contributed by atoms with E-state index in [4.69, 9.17) is 0 Å². The van der Waals surface area contributed by atoms with Crippen LogP contribution in [0.4, 0.5) is 0 Å². The zero-order valence-electron chi connectivity index (χ0n) is 10.2. The summed E-state index contributed by atoms with van der Waals surface area (Å²) < 4.78 is 1.62. The number of aromatic nitrogens is 3. The van der Waals surface area contributed by atoms with Crippen LogP contribution in [0.15, 0.2) is 18.2 Å². The molecule has 5 heteroatoms. The number of nitrogens with one attached hydrogen (secondary N) is 1. The van der Waals surface area contributed by atoms with Gasteiger partial charge in [-0.15, -0.1) is 0 Å². The van der Waals surface area contributed by atoms with E-state index >= 15 is 0 Å². The van der Waals surface area contributed by atoms with Gasteiger partial charge in [0.2, 0.25) is 0 Å². The third kappa shape index (κ3) is 2.13. The summed E-state index contributed by atoms with van der Waals surface area (Å²) in [7, 11) is 0. The predicted molar refractivity (Wildman–Crippen MR) is 67.7 cm³/mol. The van der Waals surface area contributed by atoms with Gasteiger partial charge >= 0.3 is 0 Å². The highest BCUT2D eigenvalue weighted by molar-refractivity contribution is 5.73. The van der Waals surface area contributed by atoms with Gasteiger partial charge in [-0.2, -0.15) is 5.10 Å². The fourth-order valence-electron chi connectivity index (χ4n) is 2.46. The third-order valence-electron chi connectivity index (χ3n) is 3.39. The second kappa shape index (κ2) is 4.86. The lowest BCUT2D eigenvalue weighted by atomic mass is 10.0. The summed E-state index contributed by atoms with van der Waals surface area (Å²) >= 11 is 0. The number of aldehydes is 1. The van der Waals surface area contributed by atoms with E-state index in [1.54, 1.807) is 10.6 Å². The highest BCUT2D eigenvalue weighted by atomic mass is 16.1. The van der Waals surface area contributed by atoms with Crippen molar-refractivity contribution in [3.63, 3.8) is 0 Å². The van der Waals surface area contributed by atoms with Crippen LogP contribution in [-0.2, 0) is 6.42 Å². The van der Waals surface area contributed by atoms with E-state index in [0.717, 1.165) is 30.7 Å². The van der Waals surface area contributed by atoms with Gasteiger partial charge in [0, 0.05) is 12.5 Å². The second-order valence-electron chi connectivity index (χ2n) is 4.72. The number of hydrogen-bond acceptors (Lipinski definition) is 4. The van der Waals surface area contributed by atoms with Crippen LogP contribution < -0.4 is 5.32 Å². The van der Waals surface area contributed by atoms with Crippen molar-refractivity contribution in [3.05, 3.63) is 29.7 Å². The molecule has 94 valence electrons. The summed E-state index contributed by atoms with van der Waals surface area (Å²) in [4.78, 5) is 15.4. The minimum atomic E-state index is 0.468. The molecule has 18 heavy (non-hydrogen) atoms. The largest absolute Gasteiger partial charge is 0.314 e. The maximum Gasteiger partial charge on any atom is 0.168 e. The molecule has 3 heterocycles. The number of hydrogen-bond donors (Lipinski definition) is 1. The maximum absolute atomic E-state index is 10.9. The number of pyridine rings is 1. The minimum Gasteiger partial charge on any atom is -0.314 e. The Morgan fingerprint density at radius 1 is 1.44 bits per heavy atom. The Hall–Kier alpha value is -1.75. The van der Waals surface area contributed by atoms with Crippen LogP contribution in [0.25, 0.3) is 5.65 Å². The van der Waals surface area contributed by atoms with Crippen LogP contribution in [0, 0.1) is 0 Å². The van der Waals surface area contributed by atoms with E-state index in [2.05, 4.69) is 15.4 Å². The second-order valence-corrected chi connectivity index (χ2v) is 4.72. The van der Waals surface area contributed by atoms with Crippen molar-refractivity contribution in [2.75, 3.05) is 6.54 Å². The van der Waals surface area contributed by atoms with Crippen LogP contribution in [-0.4, -0.2) is 33.5 Å². The molecule has 1 atom stereocenters. The van der Waals surface area contributed by atoms with Gasteiger partial charge in [0.1, 0.15) is 5.69 Å². The molecule has 2 aromatic rings. The van der Waals surface area contributed by atoms with E-state index < -0.39 is 0 Å². The molecule has 1 fully saturated rings. The Morgan fingerprint density at radius 2 is 2.39 bits per heavy atom. The van der Waals surface area contributed by atoms with Gasteiger partial charge in [0.25, 0.3) is 0 Å². The molecular formula is C13H16N4O. The standard InChI is InChI=1S/C13H16N4O/c18-9-11-5-3-6-13-15-12(16-17(11)13)8-10-4-1-2-7-14-10/h3,5-6,9-10,14H,1-2,4,7-8H2.